The maximum atomic E-state index is 12.1. The third-order valence-corrected chi connectivity index (χ3v) is 1.85. The average molecular weight is 243 g/mol. The van der Waals surface area contributed by atoms with Gasteiger partial charge >= 0.3 is 6.18 Å². The van der Waals surface area contributed by atoms with Crippen molar-refractivity contribution in [3.63, 3.8) is 0 Å². The first-order valence-corrected chi connectivity index (χ1v) is 4.50. The number of primary amides is 1. The summed E-state index contributed by atoms with van der Waals surface area (Å²) in [5.74, 6) is -2.65. The molecule has 1 rings (SSSR count). The Morgan fingerprint density at radius 3 is 2.41 bits per heavy atom. The van der Waals surface area contributed by atoms with Crippen molar-refractivity contribution in [3.8, 4) is 0 Å². The van der Waals surface area contributed by atoms with Crippen molar-refractivity contribution in [1.29, 1.82) is 0 Å². The molecule has 17 heavy (non-hydrogen) atoms. The van der Waals surface area contributed by atoms with E-state index in [0.717, 1.165) is 18.2 Å². The van der Waals surface area contributed by atoms with E-state index in [-0.39, 0.29) is 0 Å². The second kappa shape index (κ2) is 4.82. The fourth-order valence-corrected chi connectivity index (χ4v) is 1.13. The van der Waals surface area contributed by atoms with Crippen LogP contribution in [0.5, 0.6) is 0 Å². The lowest BCUT2D eigenvalue weighted by molar-refractivity contribution is -0.113. The fraction of sp³-hybridized carbons (Fsp3) is 0.0909. The standard InChI is InChI=1S/C11H8F3NO2/c12-11(13,14)10(17)8-3-1-2-7(6-8)4-5-9(15)16/h1-6H,(H2,15,16). The molecule has 1 amide bonds. The van der Waals surface area contributed by atoms with Gasteiger partial charge in [-0.1, -0.05) is 18.2 Å². The molecule has 0 atom stereocenters. The van der Waals surface area contributed by atoms with Gasteiger partial charge in [0.15, 0.2) is 0 Å². The Morgan fingerprint density at radius 2 is 1.88 bits per heavy atom. The Labute approximate surface area is 94.7 Å². The van der Waals surface area contributed by atoms with Crippen molar-refractivity contribution >= 4 is 17.8 Å². The molecule has 1 aromatic rings. The molecule has 0 saturated carbocycles. The molecular formula is C11H8F3NO2. The lowest BCUT2D eigenvalue weighted by atomic mass is 10.1. The third-order valence-electron chi connectivity index (χ3n) is 1.85. The SMILES string of the molecule is NC(=O)C=Cc1cccc(C(=O)C(F)(F)F)c1. The first-order valence-electron chi connectivity index (χ1n) is 4.50. The molecule has 0 fully saturated rings. The summed E-state index contributed by atoms with van der Waals surface area (Å²) in [6, 6.07) is 4.83. The van der Waals surface area contributed by atoms with Crippen LogP contribution >= 0.6 is 0 Å². The largest absolute Gasteiger partial charge is 0.454 e. The molecule has 0 aliphatic carbocycles. The van der Waals surface area contributed by atoms with Gasteiger partial charge in [-0.3, -0.25) is 9.59 Å². The second-order valence-corrected chi connectivity index (χ2v) is 3.19. The molecule has 6 heteroatoms. The summed E-state index contributed by atoms with van der Waals surface area (Å²) >= 11 is 0. The molecule has 3 nitrogen and oxygen atoms in total. The highest BCUT2D eigenvalue weighted by atomic mass is 19.4. The Kier molecular flexibility index (Phi) is 3.67. The number of carbonyl (C=O) groups excluding carboxylic acids is 2. The van der Waals surface area contributed by atoms with Crippen molar-refractivity contribution in [3.05, 3.63) is 41.5 Å². The van der Waals surface area contributed by atoms with Crippen LogP contribution in [0.15, 0.2) is 30.3 Å². The van der Waals surface area contributed by atoms with E-state index in [9.17, 15) is 22.8 Å². The van der Waals surface area contributed by atoms with Crippen molar-refractivity contribution in [2.75, 3.05) is 0 Å². The van der Waals surface area contributed by atoms with Crippen LogP contribution < -0.4 is 5.73 Å². The Bertz CT molecular complexity index is 478. The monoisotopic (exact) mass is 243 g/mol. The van der Waals surface area contributed by atoms with E-state index in [4.69, 9.17) is 5.73 Å². The summed E-state index contributed by atoms with van der Waals surface area (Å²) in [4.78, 5) is 21.4. The van der Waals surface area contributed by atoms with E-state index < -0.39 is 23.4 Å². The fourth-order valence-electron chi connectivity index (χ4n) is 1.13. The summed E-state index contributed by atoms with van der Waals surface area (Å²) in [5.41, 5.74) is 4.64. The number of benzene rings is 1. The molecule has 0 unspecified atom stereocenters. The third kappa shape index (κ3) is 3.75. The minimum absolute atomic E-state index is 0.291. The summed E-state index contributed by atoms with van der Waals surface area (Å²) in [6.45, 7) is 0. The maximum absolute atomic E-state index is 12.1. The highest BCUT2D eigenvalue weighted by Gasteiger charge is 2.39. The van der Waals surface area contributed by atoms with Gasteiger partial charge in [0.2, 0.25) is 5.91 Å². The Balaban J connectivity index is 3.02. The molecule has 0 aromatic heterocycles. The van der Waals surface area contributed by atoms with Crippen LogP contribution in [0.2, 0.25) is 0 Å². The van der Waals surface area contributed by atoms with E-state index in [1.807, 2.05) is 0 Å². The van der Waals surface area contributed by atoms with E-state index in [1.165, 1.54) is 18.2 Å². The predicted molar refractivity (Wildman–Crippen MR) is 55.1 cm³/mol. The van der Waals surface area contributed by atoms with Gasteiger partial charge in [-0.05, 0) is 17.7 Å². The molecule has 1 aromatic carbocycles. The first-order chi connectivity index (χ1) is 7.80. The van der Waals surface area contributed by atoms with Crippen molar-refractivity contribution in [1.82, 2.24) is 0 Å². The molecule has 0 aliphatic heterocycles. The molecule has 2 N–H and O–H groups in total. The van der Waals surface area contributed by atoms with Crippen LogP contribution in [0.1, 0.15) is 15.9 Å². The highest BCUT2D eigenvalue weighted by Crippen LogP contribution is 2.22. The number of ketones is 1. The molecule has 0 saturated heterocycles. The van der Waals surface area contributed by atoms with Gasteiger partial charge in [0.25, 0.3) is 5.78 Å². The van der Waals surface area contributed by atoms with Gasteiger partial charge in [-0.2, -0.15) is 13.2 Å². The molecule has 0 heterocycles. The average Bonchev–Trinajstić information content (AvgIpc) is 2.24. The Hall–Kier alpha value is -2.11. The maximum Gasteiger partial charge on any atom is 0.454 e. The number of halogens is 3. The van der Waals surface area contributed by atoms with Crippen LogP contribution in [0.3, 0.4) is 0 Å². The normalized spacial score (nSPS) is 11.7. The van der Waals surface area contributed by atoms with E-state index >= 15 is 0 Å². The Morgan fingerprint density at radius 1 is 1.24 bits per heavy atom. The molecular weight excluding hydrogens is 235 g/mol. The highest BCUT2D eigenvalue weighted by molar-refractivity contribution is 6.00. The minimum Gasteiger partial charge on any atom is -0.366 e. The van der Waals surface area contributed by atoms with Gasteiger partial charge in [0.1, 0.15) is 0 Å². The number of hydrogen-bond acceptors (Lipinski definition) is 2. The van der Waals surface area contributed by atoms with Crippen LogP contribution in [0, 0.1) is 0 Å². The van der Waals surface area contributed by atoms with Gasteiger partial charge in [0, 0.05) is 11.6 Å². The molecule has 0 aliphatic rings. The summed E-state index contributed by atoms with van der Waals surface area (Å²) in [5, 5.41) is 0. The zero-order chi connectivity index (χ0) is 13.1. The topological polar surface area (TPSA) is 60.2 Å². The number of nitrogens with two attached hydrogens (primary N) is 1. The van der Waals surface area contributed by atoms with E-state index in [2.05, 4.69) is 0 Å². The zero-order valence-electron chi connectivity index (χ0n) is 8.49. The van der Waals surface area contributed by atoms with Gasteiger partial charge < -0.3 is 5.73 Å². The van der Waals surface area contributed by atoms with Crippen molar-refractivity contribution in [2.45, 2.75) is 6.18 Å². The second-order valence-electron chi connectivity index (χ2n) is 3.19. The van der Waals surface area contributed by atoms with Crippen molar-refractivity contribution in [2.24, 2.45) is 5.73 Å². The van der Waals surface area contributed by atoms with Crippen LogP contribution in [0.25, 0.3) is 6.08 Å². The number of amides is 1. The van der Waals surface area contributed by atoms with Gasteiger partial charge in [-0.15, -0.1) is 0 Å². The number of alkyl halides is 3. The smallest absolute Gasteiger partial charge is 0.366 e. The summed E-state index contributed by atoms with van der Waals surface area (Å²) in [7, 11) is 0. The molecule has 90 valence electrons. The van der Waals surface area contributed by atoms with E-state index in [0.29, 0.717) is 5.56 Å². The lowest BCUT2D eigenvalue weighted by Gasteiger charge is -2.05. The molecule has 0 radical (unpaired) electrons. The van der Waals surface area contributed by atoms with Crippen LogP contribution in [-0.4, -0.2) is 17.9 Å². The van der Waals surface area contributed by atoms with Crippen LogP contribution in [0.4, 0.5) is 13.2 Å². The molecule has 0 spiro atoms. The number of Topliss-reactive ketones (excluding diaryl/α,β-unsaturated/α-hetero) is 1. The van der Waals surface area contributed by atoms with Crippen molar-refractivity contribution < 1.29 is 22.8 Å². The zero-order valence-corrected chi connectivity index (χ0v) is 8.49. The minimum atomic E-state index is -4.91. The quantitative estimate of drug-likeness (QED) is 0.651. The van der Waals surface area contributed by atoms with E-state index in [1.54, 1.807) is 0 Å². The number of carbonyl (C=O) groups is 2. The predicted octanol–water partition coefficient (Wildman–Crippen LogP) is 1.93. The van der Waals surface area contributed by atoms with Crippen LogP contribution in [-0.2, 0) is 4.79 Å². The summed E-state index contributed by atoms with van der Waals surface area (Å²) in [6.07, 6.45) is -2.68. The number of hydrogen-bond donors (Lipinski definition) is 1. The van der Waals surface area contributed by atoms with Gasteiger partial charge in [-0.25, -0.2) is 0 Å². The first kappa shape index (κ1) is 13.0. The molecule has 0 bridgehead atoms. The summed E-state index contributed by atoms with van der Waals surface area (Å²) < 4.78 is 36.4. The number of rotatable bonds is 3. The lowest BCUT2D eigenvalue weighted by Crippen LogP contribution is -2.22. The van der Waals surface area contributed by atoms with Gasteiger partial charge in [0.05, 0.1) is 0 Å².